The van der Waals surface area contributed by atoms with Gasteiger partial charge < -0.3 is 14.6 Å². The van der Waals surface area contributed by atoms with E-state index in [1.807, 2.05) is 48.1 Å². The lowest BCUT2D eigenvalue weighted by Crippen LogP contribution is -2.12. The van der Waals surface area contributed by atoms with Crippen molar-refractivity contribution >= 4 is 40.7 Å². The number of benzene rings is 2. The summed E-state index contributed by atoms with van der Waals surface area (Å²) >= 11 is 2.66. The Kier molecular flexibility index (Phi) is 7.21. The van der Waals surface area contributed by atoms with Crippen molar-refractivity contribution in [2.75, 3.05) is 11.1 Å². The van der Waals surface area contributed by atoms with Crippen molar-refractivity contribution in [3.8, 4) is 17.1 Å². The third-order valence-electron chi connectivity index (χ3n) is 4.72. The smallest absolute Gasteiger partial charge is 0.321 e. The predicted octanol–water partition coefficient (Wildman–Crippen LogP) is 5.28. The molecule has 0 aliphatic heterocycles. The molecule has 0 unspecified atom stereocenters. The van der Waals surface area contributed by atoms with Crippen molar-refractivity contribution < 1.29 is 14.3 Å². The zero-order valence-corrected chi connectivity index (χ0v) is 19.8. The molecule has 0 saturated heterocycles. The first-order chi connectivity index (χ1) is 16.0. The minimum Gasteiger partial charge on any atom is -0.426 e. The van der Waals surface area contributed by atoms with Gasteiger partial charge in [-0.2, -0.15) is 0 Å². The summed E-state index contributed by atoms with van der Waals surface area (Å²) in [5, 5.41) is 13.9. The Morgan fingerprint density at radius 2 is 1.91 bits per heavy atom. The standard InChI is InChI=1S/C24H22N4O3S2/c1-3-28-22(17-7-4-6-16(2)14-17)26-27-24(28)33-15-21(29)31-19-11-9-18(10-12-19)25-23(30)20-8-5-13-32-20/h4-14H,3,15H2,1-2H3,(H,25,30). The number of hydrogen-bond donors (Lipinski definition) is 1. The Morgan fingerprint density at radius 3 is 2.61 bits per heavy atom. The average molecular weight is 479 g/mol. The van der Waals surface area contributed by atoms with E-state index in [2.05, 4.69) is 21.6 Å². The van der Waals surface area contributed by atoms with Crippen LogP contribution in [-0.2, 0) is 11.3 Å². The Morgan fingerprint density at radius 1 is 1.09 bits per heavy atom. The predicted molar refractivity (Wildman–Crippen MR) is 131 cm³/mol. The molecule has 4 aromatic rings. The van der Waals surface area contributed by atoms with Crippen LogP contribution in [0, 0.1) is 6.92 Å². The van der Waals surface area contributed by atoms with Crippen LogP contribution in [0.15, 0.2) is 71.2 Å². The van der Waals surface area contributed by atoms with E-state index in [-0.39, 0.29) is 11.7 Å². The van der Waals surface area contributed by atoms with Gasteiger partial charge in [-0.25, -0.2) is 0 Å². The zero-order chi connectivity index (χ0) is 23.2. The number of thioether (sulfide) groups is 1. The highest BCUT2D eigenvalue weighted by Gasteiger charge is 2.16. The Hall–Kier alpha value is -3.43. The van der Waals surface area contributed by atoms with E-state index in [0.29, 0.717) is 28.0 Å². The summed E-state index contributed by atoms with van der Waals surface area (Å²) in [5.74, 6) is 0.724. The molecule has 0 aliphatic rings. The number of aromatic nitrogens is 3. The van der Waals surface area contributed by atoms with Gasteiger partial charge in [0.05, 0.1) is 10.6 Å². The quantitative estimate of drug-likeness (QED) is 0.211. The molecule has 2 aromatic carbocycles. The fraction of sp³-hybridized carbons (Fsp3) is 0.167. The number of hydrogen-bond acceptors (Lipinski definition) is 7. The maximum atomic E-state index is 12.4. The fourth-order valence-electron chi connectivity index (χ4n) is 3.17. The van der Waals surface area contributed by atoms with Crippen LogP contribution in [-0.4, -0.2) is 32.4 Å². The summed E-state index contributed by atoms with van der Waals surface area (Å²) in [6.45, 7) is 4.74. The summed E-state index contributed by atoms with van der Waals surface area (Å²) in [5.41, 5.74) is 2.76. The molecule has 2 aromatic heterocycles. The number of carbonyl (C=O) groups excluding carboxylic acids is 2. The second-order valence-electron chi connectivity index (χ2n) is 7.14. The number of aryl methyl sites for hydroxylation is 1. The molecule has 2 heterocycles. The van der Waals surface area contributed by atoms with Crippen molar-refractivity contribution in [2.24, 2.45) is 0 Å². The number of rotatable bonds is 8. The Balaban J connectivity index is 1.33. The molecule has 0 aliphatic carbocycles. The third-order valence-corrected chi connectivity index (χ3v) is 6.53. The van der Waals surface area contributed by atoms with Gasteiger partial charge in [0.15, 0.2) is 11.0 Å². The lowest BCUT2D eigenvalue weighted by Gasteiger charge is -2.08. The van der Waals surface area contributed by atoms with E-state index in [9.17, 15) is 9.59 Å². The molecule has 0 saturated carbocycles. The van der Waals surface area contributed by atoms with Crippen LogP contribution in [0.25, 0.3) is 11.4 Å². The molecule has 4 rings (SSSR count). The van der Waals surface area contributed by atoms with Crippen molar-refractivity contribution in [3.05, 3.63) is 76.5 Å². The van der Waals surface area contributed by atoms with Crippen LogP contribution < -0.4 is 10.1 Å². The number of esters is 1. The average Bonchev–Trinajstić information content (AvgIpc) is 3.49. The molecular weight excluding hydrogens is 456 g/mol. The van der Waals surface area contributed by atoms with Gasteiger partial charge in [0.25, 0.3) is 5.91 Å². The summed E-state index contributed by atoms with van der Waals surface area (Å²) in [7, 11) is 0. The number of ether oxygens (including phenoxy) is 1. The lowest BCUT2D eigenvalue weighted by molar-refractivity contribution is -0.131. The van der Waals surface area contributed by atoms with Gasteiger partial charge in [-0.1, -0.05) is 41.6 Å². The van der Waals surface area contributed by atoms with Crippen molar-refractivity contribution in [1.29, 1.82) is 0 Å². The van der Waals surface area contributed by atoms with Crippen LogP contribution in [0.2, 0.25) is 0 Å². The van der Waals surface area contributed by atoms with E-state index in [1.165, 1.54) is 23.1 Å². The normalized spacial score (nSPS) is 10.7. The molecule has 33 heavy (non-hydrogen) atoms. The molecule has 0 spiro atoms. The topological polar surface area (TPSA) is 86.1 Å². The zero-order valence-electron chi connectivity index (χ0n) is 18.1. The Bertz CT molecular complexity index is 1250. The highest BCUT2D eigenvalue weighted by molar-refractivity contribution is 7.99. The van der Waals surface area contributed by atoms with Gasteiger partial charge in [0.1, 0.15) is 5.75 Å². The molecule has 1 amide bonds. The summed E-state index contributed by atoms with van der Waals surface area (Å²) in [4.78, 5) is 25.1. The van der Waals surface area contributed by atoms with Gasteiger partial charge in [-0.05, 0) is 55.6 Å². The van der Waals surface area contributed by atoms with Gasteiger partial charge in [0, 0.05) is 17.8 Å². The molecule has 0 radical (unpaired) electrons. The largest absolute Gasteiger partial charge is 0.426 e. The minimum absolute atomic E-state index is 0.100. The van der Waals surface area contributed by atoms with Gasteiger partial charge in [-0.3, -0.25) is 9.59 Å². The maximum Gasteiger partial charge on any atom is 0.321 e. The van der Waals surface area contributed by atoms with Crippen molar-refractivity contribution in [1.82, 2.24) is 14.8 Å². The number of amides is 1. The van der Waals surface area contributed by atoms with Gasteiger partial charge in [0.2, 0.25) is 0 Å². The van der Waals surface area contributed by atoms with Crippen LogP contribution in [0.1, 0.15) is 22.2 Å². The van der Waals surface area contributed by atoms with Crippen LogP contribution in [0.3, 0.4) is 0 Å². The van der Waals surface area contributed by atoms with E-state index in [0.717, 1.165) is 17.0 Å². The lowest BCUT2D eigenvalue weighted by atomic mass is 10.1. The molecule has 168 valence electrons. The highest BCUT2D eigenvalue weighted by Crippen LogP contribution is 2.25. The van der Waals surface area contributed by atoms with Crippen LogP contribution in [0.5, 0.6) is 5.75 Å². The summed E-state index contributed by atoms with van der Waals surface area (Å²) in [6.07, 6.45) is 0. The molecule has 7 nitrogen and oxygen atoms in total. The maximum absolute atomic E-state index is 12.4. The molecule has 9 heteroatoms. The van der Waals surface area contributed by atoms with Crippen LogP contribution in [0.4, 0.5) is 5.69 Å². The molecule has 1 N–H and O–H groups in total. The first-order valence-electron chi connectivity index (χ1n) is 10.3. The molecule has 0 fully saturated rings. The first-order valence-corrected chi connectivity index (χ1v) is 12.2. The third kappa shape index (κ3) is 5.68. The van der Waals surface area contributed by atoms with Gasteiger partial charge in [-0.15, -0.1) is 21.5 Å². The van der Waals surface area contributed by atoms with Crippen molar-refractivity contribution in [2.45, 2.75) is 25.5 Å². The summed E-state index contributed by atoms with van der Waals surface area (Å²) < 4.78 is 7.41. The highest BCUT2D eigenvalue weighted by atomic mass is 32.2. The molecule has 0 bridgehead atoms. The number of anilines is 1. The molecule has 0 atom stereocenters. The summed E-state index contributed by atoms with van der Waals surface area (Å²) in [6, 6.07) is 18.4. The molecular formula is C24H22N4O3S2. The number of carbonyl (C=O) groups is 2. The fourth-order valence-corrected chi connectivity index (χ4v) is 4.56. The van der Waals surface area contributed by atoms with E-state index >= 15 is 0 Å². The van der Waals surface area contributed by atoms with E-state index in [4.69, 9.17) is 4.74 Å². The van der Waals surface area contributed by atoms with E-state index in [1.54, 1.807) is 30.3 Å². The Labute approximate surface area is 199 Å². The SMILES string of the molecule is CCn1c(SCC(=O)Oc2ccc(NC(=O)c3cccs3)cc2)nnc1-c1cccc(C)c1. The van der Waals surface area contributed by atoms with Crippen molar-refractivity contribution in [3.63, 3.8) is 0 Å². The second-order valence-corrected chi connectivity index (χ2v) is 9.03. The monoisotopic (exact) mass is 478 g/mol. The number of nitrogens with zero attached hydrogens (tertiary/aromatic N) is 3. The number of thiophene rings is 1. The number of nitrogens with one attached hydrogen (secondary N) is 1. The van der Waals surface area contributed by atoms with Crippen LogP contribution >= 0.6 is 23.1 Å². The van der Waals surface area contributed by atoms with E-state index < -0.39 is 5.97 Å². The second kappa shape index (κ2) is 10.5. The first kappa shape index (κ1) is 22.8. The van der Waals surface area contributed by atoms with Gasteiger partial charge >= 0.3 is 5.97 Å². The minimum atomic E-state index is -0.391.